The molecule has 3 atom stereocenters. The molecule has 1 saturated heterocycles. The number of rotatable bonds is 5. The zero-order valence-electron chi connectivity index (χ0n) is 16.4. The molecule has 0 unspecified atom stereocenters. The summed E-state index contributed by atoms with van der Waals surface area (Å²) in [5, 5.41) is 9.71. The molecule has 2 aliphatic heterocycles. The van der Waals surface area contributed by atoms with Crippen LogP contribution in [0.4, 0.5) is 19.0 Å². The maximum Gasteiger partial charge on any atom is 0.410 e. The van der Waals surface area contributed by atoms with Crippen molar-refractivity contribution in [2.24, 2.45) is 0 Å². The van der Waals surface area contributed by atoms with Crippen LogP contribution in [0.15, 0.2) is 30.5 Å². The zero-order valence-corrected chi connectivity index (χ0v) is 16.4. The van der Waals surface area contributed by atoms with Crippen LogP contribution in [0.3, 0.4) is 0 Å². The third-order valence-electron chi connectivity index (χ3n) is 5.51. The normalized spacial score (nSPS) is 23.5. The van der Waals surface area contributed by atoms with Gasteiger partial charge in [-0.3, -0.25) is 4.79 Å². The summed E-state index contributed by atoms with van der Waals surface area (Å²) in [6.07, 6.45) is -1.91. The van der Waals surface area contributed by atoms with Crippen molar-refractivity contribution in [3.63, 3.8) is 0 Å². The van der Waals surface area contributed by atoms with Crippen molar-refractivity contribution in [3.05, 3.63) is 41.6 Å². The lowest BCUT2D eigenvalue weighted by molar-refractivity contribution is -0.173. The van der Waals surface area contributed by atoms with E-state index in [4.69, 9.17) is 9.47 Å². The molecular weight excluding hydrogens is 401 g/mol. The Morgan fingerprint density at radius 2 is 2.20 bits per heavy atom. The van der Waals surface area contributed by atoms with Crippen molar-refractivity contribution >= 4 is 11.7 Å². The van der Waals surface area contributed by atoms with Crippen molar-refractivity contribution in [1.82, 2.24) is 15.1 Å². The van der Waals surface area contributed by atoms with Crippen LogP contribution in [-0.4, -0.2) is 48.2 Å². The molecule has 3 heterocycles. The van der Waals surface area contributed by atoms with Crippen molar-refractivity contribution in [2.75, 3.05) is 25.6 Å². The van der Waals surface area contributed by atoms with Crippen LogP contribution >= 0.6 is 0 Å². The highest BCUT2D eigenvalue weighted by Crippen LogP contribution is 2.45. The van der Waals surface area contributed by atoms with Gasteiger partial charge < -0.3 is 20.1 Å². The van der Waals surface area contributed by atoms with E-state index in [1.165, 1.54) is 13.3 Å². The van der Waals surface area contributed by atoms with Crippen LogP contribution in [0, 0.1) is 0 Å². The third kappa shape index (κ3) is 3.96. The molecule has 2 aromatic rings. The van der Waals surface area contributed by atoms with Crippen molar-refractivity contribution in [2.45, 2.75) is 43.6 Å². The molecule has 0 saturated carbocycles. The van der Waals surface area contributed by atoms with Gasteiger partial charge in [-0.05, 0) is 18.9 Å². The Bertz CT molecular complexity index is 909. The van der Waals surface area contributed by atoms with Gasteiger partial charge in [0.05, 0.1) is 25.5 Å². The quantitative estimate of drug-likeness (QED) is 0.769. The first-order chi connectivity index (χ1) is 14.4. The van der Waals surface area contributed by atoms with Crippen molar-refractivity contribution in [1.29, 1.82) is 0 Å². The Morgan fingerprint density at radius 1 is 1.40 bits per heavy atom. The number of aromatic nitrogens is 2. The van der Waals surface area contributed by atoms with Gasteiger partial charge in [0, 0.05) is 25.1 Å². The van der Waals surface area contributed by atoms with Crippen LogP contribution in [0.1, 0.15) is 47.3 Å². The van der Waals surface area contributed by atoms with Gasteiger partial charge in [-0.25, -0.2) is 4.68 Å². The van der Waals surface area contributed by atoms with Gasteiger partial charge in [-0.1, -0.05) is 18.2 Å². The SMILES string of the molecule is COc1ccccc1[C@@H]1C[C@H](C(F)(F)F)n2ncc(C(=O)NC[C@@H]3CCCO3)c2N1. The number of hydrogen-bond acceptors (Lipinski definition) is 5. The van der Waals surface area contributed by atoms with E-state index in [-0.39, 0.29) is 23.9 Å². The summed E-state index contributed by atoms with van der Waals surface area (Å²) in [6.45, 7) is 0.960. The molecule has 1 aromatic carbocycles. The highest BCUT2D eigenvalue weighted by Gasteiger charge is 2.47. The van der Waals surface area contributed by atoms with Gasteiger partial charge in [-0.2, -0.15) is 18.3 Å². The first-order valence-corrected chi connectivity index (χ1v) is 9.82. The molecule has 1 aromatic heterocycles. The molecule has 1 fully saturated rings. The first-order valence-electron chi connectivity index (χ1n) is 9.82. The van der Waals surface area contributed by atoms with Crippen molar-refractivity contribution in [3.8, 4) is 5.75 Å². The molecule has 2 aliphatic rings. The van der Waals surface area contributed by atoms with E-state index in [0.717, 1.165) is 17.5 Å². The van der Waals surface area contributed by atoms with Crippen LogP contribution in [0.25, 0.3) is 0 Å². The van der Waals surface area contributed by atoms with E-state index >= 15 is 0 Å². The number of fused-ring (bicyclic) bond motifs is 1. The Hall–Kier alpha value is -2.75. The molecule has 0 aliphatic carbocycles. The predicted octanol–water partition coefficient (Wildman–Crippen LogP) is 3.46. The summed E-state index contributed by atoms with van der Waals surface area (Å²) in [6, 6.07) is 4.35. The fourth-order valence-corrected chi connectivity index (χ4v) is 3.99. The molecule has 0 radical (unpaired) electrons. The van der Waals surface area contributed by atoms with Gasteiger partial charge in [0.2, 0.25) is 0 Å². The Labute approximate surface area is 171 Å². The highest BCUT2D eigenvalue weighted by molar-refractivity contribution is 5.98. The van der Waals surface area contributed by atoms with E-state index in [2.05, 4.69) is 15.7 Å². The molecule has 1 amide bonds. The fourth-order valence-electron chi connectivity index (χ4n) is 3.99. The third-order valence-corrected chi connectivity index (χ3v) is 5.51. The number of ether oxygens (including phenoxy) is 2. The zero-order chi connectivity index (χ0) is 21.3. The van der Waals surface area contributed by atoms with Gasteiger partial charge >= 0.3 is 6.18 Å². The molecule has 10 heteroatoms. The summed E-state index contributed by atoms with van der Waals surface area (Å²) in [4.78, 5) is 12.7. The van der Waals surface area contributed by atoms with E-state index in [1.54, 1.807) is 24.3 Å². The van der Waals surface area contributed by atoms with Crippen molar-refractivity contribution < 1.29 is 27.4 Å². The number of halogens is 3. The molecule has 162 valence electrons. The molecule has 0 bridgehead atoms. The van der Waals surface area contributed by atoms with E-state index in [1.807, 2.05) is 0 Å². The summed E-state index contributed by atoms with van der Waals surface area (Å²) in [5.41, 5.74) is 0.661. The molecule has 4 rings (SSSR count). The second kappa shape index (κ2) is 8.17. The number of hydrogen-bond donors (Lipinski definition) is 2. The smallest absolute Gasteiger partial charge is 0.410 e. The number of methoxy groups -OCH3 is 1. The monoisotopic (exact) mass is 424 g/mol. The largest absolute Gasteiger partial charge is 0.496 e. The molecule has 0 spiro atoms. The van der Waals surface area contributed by atoms with Gasteiger partial charge in [0.1, 0.15) is 17.1 Å². The lowest BCUT2D eigenvalue weighted by Crippen LogP contribution is -2.37. The van der Waals surface area contributed by atoms with E-state index in [9.17, 15) is 18.0 Å². The van der Waals surface area contributed by atoms with Gasteiger partial charge in [-0.15, -0.1) is 0 Å². The van der Waals surface area contributed by atoms with Crippen LogP contribution < -0.4 is 15.4 Å². The summed E-state index contributed by atoms with van der Waals surface area (Å²) >= 11 is 0. The number of anilines is 1. The van der Waals surface area contributed by atoms with E-state index < -0.39 is 24.2 Å². The molecule has 2 N–H and O–H groups in total. The summed E-state index contributed by atoms with van der Waals surface area (Å²) < 4.78 is 53.1. The Balaban J connectivity index is 1.63. The minimum absolute atomic E-state index is 0.0457. The van der Waals surface area contributed by atoms with Crippen LogP contribution in [0.5, 0.6) is 5.75 Å². The molecule has 7 nitrogen and oxygen atoms in total. The summed E-state index contributed by atoms with van der Waals surface area (Å²) in [7, 11) is 1.47. The first kappa shape index (κ1) is 20.5. The Morgan fingerprint density at radius 3 is 2.90 bits per heavy atom. The average molecular weight is 424 g/mol. The van der Waals surface area contributed by atoms with Crippen LogP contribution in [-0.2, 0) is 4.74 Å². The van der Waals surface area contributed by atoms with Crippen LogP contribution in [0.2, 0.25) is 0 Å². The second-order valence-corrected chi connectivity index (χ2v) is 7.43. The lowest BCUT2D eigenvalue weighted by atomic mass is 9.95. The fraction of sp³-hybridized carbons (Fsp3) is 0.500. The number of nitrogens with zero attached hydrogens (tertiary/aromatic N) is 2. The highest BCUT2D eigenvalue weighted by atomic mass is 19.4. The maximum atomic E-state index is 13.8. The molecular formula is C20H23F3N4O3. The number of alkyl halides is 3. The minimum atomic E-state index is -4.52. The Kier molecular flexibility index (Phi) is 5.59. The minimum Gasteiger partial charge on any atom is -0.496 e. The number of para-hydroxylation sites is 1. The van der Waals surface area contributed by atoms with Gasteiger partial charge in [0.25, 0.3) is 5.91 Å². The standard InChI is InChI=1S/C20H23F3N4O3/c1-29-16-7-3-2-6-13(16)15-9-17(20(21,22)23)27-18(26-15)14(11-25-27)19(28)24-10-12-5-4-8-30-12/h2-3,6-7,11-12,15,17,26H,4-5,8-10H2,1H3,(H,24,28)/t12-,15-,17+/m0/s1. The topological polar surface area (TPSA) is 77.4 Å². The second-order valence-electron chi connectivity index (χ2n) is 7.43. The number of nitrogens with one attached hydrogen (secondary N) is 2. The predicted molar refractivity (Wildman–Crippen MR) is 103 cm³/mol. The van der Waals surface area contributed by atoms with Gasteiger partial charge in [0.15, 0.2) is 6.04 Å². The molecule has 30 heavy (non-hydrogen) atoms. The number of benzene rings is 1. The summed E-state index contributed by atoms with van der Waals surface area (Å²) in [5.74, 6) is 0.0402. The number of amides is 1. The average Bonchev–Trinajstić information content (AvgIpc) is 3.40. The maximum absolute atomic E-state index is 13.8. The number of carbonyl (C=O) groups excluding carboxylic acids is 1. The number of carbonyl (C=O) groups is 1. The van der Waals surface area contributed by atoms with E-state index in [0.29, 0.717) is 24.5 Å². The lowest BCUT2D eigenvalue weighted by Gasteiger charge is -2.34.